The van der Waals surface area contributed by atoms with Crippen molar-refractivity contribution in [3.8, 4) is 23.0 Å². The van der Waals surface area contributed by atoms with Gasteiger partial charge in [-0.25, -0.2) is 0 Å². The maximum atomic E-state index is 11.1. The third-order valence-corrected chi connectivity index (χ3v) is 6.40. The molecule has 2 N–H and O–H groups in total. The number of phenolic OH excluding ortho intramolecular Hbond substituents is 2. The number of benzene rings is 3. The van der Waals surface area contributed by atoms with E-state index >= 15 is 0 Å². The van der Waals surface area contributed by atoms with Crippen LogP contribution >= 0.6 is 11.6 Å². The summed E-state index contributed by atoms with van der Waals surface area (Å²) in [5, 5.41) is 23.9. The molecule has 5 rings (SSSR count). The summed E-state index contributed by atoms with van der Waals surface area (Å²) in [7, 11) is 0. The molecule has 3 nitrogen and oxygen atoms in total. The predicted octanol–water partition coefficient (Wildman–Crippen LogP) is 6.24. The minimum absolute atomic E-state index is 0.0463. The van der Waals surface area contributed by atoms with E-state index in [9.17, 15) is 10.2 Å². The second-order valence-electron chi connectivity index (χ2n) is 7.70. The van der Waals surface area contributed by atoms with Gasteiger partial charge >= 0.3 is 0 Å². The topological polar surface area (TPSA) is 49.7 Å². The minimum Gasteiger partial charge on any atom is -0.507 e. The van der Waals surface area contributed by atoms with Gasteiger partial charge in [-0.1, -0.05) is 42.8 Å². The van der Waals surface area contributed by atoms with Crippen LogP contribution in [-0.4, -0.2) is 10.2 Å². The van der Waals surface area contributed by atoms with Crippen LogP contribution in [0.15, 0.2) is 42.5 Å². The van der Waals surface area contributed by atoms with Gasteiger partial charge in [0.15, 0.2) is 0 Å². The summed E-state index contributed by atoms with van der Waals surface area (Å²) in [6.45, 7) is 2.19. The number of para-hydroxylation sites is 1. The number of hydrogen-bond donors (Lipinski definition) is 2. The number of phenols is 2. The number of hydrogen-bond acceptors (Lipinski definition) is 3. The Kier molecular flexibility index (Phi) is 3.23. The van der Waals surface area contributed by atoms with Gasteiger partial charge in [0.25, 0.3) is 0 Å². The van der Waals surface area contributed by atoms with Gasteiger partial charge in [0.05, 0.1) is 10.4 Å². The maximum Gasteiger partial charge on any atom is 0.146 e. The van der Waals surface area contributed by atoms with E-state index in [1.165, 1.54) is 0 Å². The van der Waals surface area contributed by atoms with Crippen LogP contribution in [0.25, 0.3) is 10.8 Å². The SMILES string of the molecule is CC12CCC(C1)c1c2c(O)c2cccc(Oc3ccccc3Cl)c2c1O. The molecule has 0 radical (unpaired) electrons. The molecule has 0 saturated heterocycles. The number of ether oxygens (including phenoxy) is 1. The van der Waals surface area contributed by atoms with Gasteiger partial charge in [0.1, 0.15) is 23.0 Å². The fourth-order valence-corrected chi connectivity index (χ4v) is 5.12. The lowest BCUT2D eigenvalue weighted by Crippen LogP contribution is -2.16. The molecule has 3 aromatic carbocycles. The van der Waals surface area contributed by atoms with E-state index in [1.807, 2.05) is 24.3 Å². The molecule has 0 aliphatic heterocycles. The summed E-state index contributed by atoms with van der Waals surface area (Å²) in [5.74, 6) is 1.85. The van der Waals surface area contributed by atoms with Crippen LogP contribution in [0, 0.1) is 0 Å². The molecule has 4 heteroatoms. The van der Waals surface area contributed by atoms with Gasteiger partial charge in [-0.15, -0.1) is 0 Å². The molecule has 0 aromatic heterocycles. The van der Waals surface area contributed by atoms with E-state index in [4.69, 9.17) is 16.3 Å². The van der Waals surface area contributed by atoms with Crippen LogP contribution in [0.3, 0.4) is 0 Å². The average Bonchev–Trinajstić information content (AvgIpc) is 3.15. The fourth-order valence-electron chi connectivity index (χ4n) is 4.94. The van der Waals surface area contributed by atoms with Crippen molar-refractivity contribution >= 4 is 22.4 Å². The fraction of sp³-hybridized carbons (Fsp3) is 0.273. The summed E-state index contributed by atoms with van der Waals surface area (Å²) in [6, 6.07) is 12.7. The molecule has 0 heterocycles. The molecular formula is C22H19ClO3. The van der Waals surface area contributed by atoms with Crippen LogP contribution in [0.4, 0.5) is 0 Å². The molecule has 3 aromatic rings. The zero-order chi connectivity index (χ0) is 18.1. The molecule has 2 bridgehead atoms. The monoisotopic (exact) mass is 366 g/mol. The Balaban J connectivity index is 1.77. The largest absolute Gasteiger partial charge is 0.507 e. The molecule has 132 valence electrons. The highest BCUT2D eigenvalue weighted by molar-refractivity contribution is 6.32. The Morgan fingerprint density at radius 3 is 2.62 bits per heavy atom. The van der Waals surface area contributed by atoms with Gasteiger partial charge in [-0.05, 0) is 48.8 Å². The summed E-state index contributed by atoms with van der Waals surface area (Å²) in [6.07, 6.45) is 3.09. The van der Waals surface area contributed by atoms with Crippen molar-refractivity contribution in [2.45, 2.75) is 37.5 Å². The van der Waals surface area contributed by atoms with E-state index in [-0.39, 0.29) is 16.9 Å². The van der Waals surface area contributed by atoms with Crippen LogP contribution in [0.5, 0.6) is 23.0 Å². The first-order valence-electron chi connectivity index (χ1n) is 8.93. The molecule has 2 unspecified atom stereocenters. The minimum atomic E-state index is -0.0463. The average molecular weight is 367 g/mol. The first-order chi connectivity index (χ1) is 12.5. The lowest BCUT2D eigenvalue weighted by Gasteiger charge is -2.27. The van der Waals surface area contributed by atoms with Gasteiger partial charge in [0, 0.05) is 16.5 Å². The Labute approximate surface area is 156 Å². The first-order valence-corrected chi connectivity index (χ1v) is 9.31. The highest BCUT2D eigenvalue weighted by Gasteiger charge is 2.49. The van der Waals surface area contributed by atoms with E-state index in [1.54, 1.807) is 18.2 Å². The first kappa shape index (κ1) is 15.8. The van der Waals surface area contributed by atoms with Crippen molar-refractivity contribution in [2.75, 3.05) is 0 Å². The van der Waals surface area contributed by atoms with E-state index in [2.05, 4.69) is 6.92 Å². The lowest BCUT2D eigenvalue weighted by molar-refractivity contribution is 0.425. The van der Waals surface area contributed by atoms with E-state index < -0.39 is 0 Å². The molecule has 0 amide bonds. The Morgan fingerprint density at radius 2 is 1.81 bits per heavy atom. The van der Waals surface area contributed by atoms with Gasteiger partial charge in [-0.2, -0.15) is 0 Å². The Bertz CT molecular complexity index is 1060. The van der Waals surface area contributed by atoms with Gasteiger partial charge in [0.2, 0.25) is 0 Å². The molecule has 2 atom stereocenters. The Hall–Kier alpha value is -2.39. The second kappa shape index (κ2) is 5.31. The highest BCUT2D eigenvalue weighted by Crippen LogP contribution is 2.64. The van der Waals surface area contributed by atoms with Gasteiger partial charge in [-0.3, -0.25) is 0 Å². The molecule has 1 fully saturated rings. The smallest absolute Gasteiger partial charge is 0.146 e. The molecular weight excluding hydrogens is 348 g/mol. The Morgan fingerprint density at radius 1 is 1.04 bits per heavy atom. The van der Waals surface area contributed by atoms with Crippen LogP contribution in [0.1, 0.15) is 43.2 Å². The van der Waals surface area contributed by atoms with Crippen LogP contribution in [0.2, 0.25) is 5.02 Å². The molecule has 2 aliphatic rings. The standard InChI is InChI=1S/C22H19ClO3/c1-22-10-9-12(11-22)17-19(22)20(24)13-5-4-8-16(18(13)21(17)25)26-15-7-3-2-6-14(15)23/h2-8,12,24-25H,9-11H2,1H3. The van der Waals surface area contributed by atoms with E-state index in [0.717, 1.165) is 30.4 Å². The zero-order valence-electron chi connectivity index (χ0n) is 14.4. The normalized spacial score (nSPS) is 23.4. The van der Waals surface area contributed by atoms with Crippen LogP contribution < -0.4 is 4.74 Å². The zero-order valence-corrected chi connectivity index (χ0v) is 15.2. The number of halogens is 1. The van der Waals surface area contributed by atoms with Crippen LogP contribution in [-0.2, 0) is 5.41 Å². The molecule has 26 heavy (non-hydrogen) atoms. The predicted molar refractivity (Wildman–Crippen MR) is 103 cm³/mol. The van der Waals surface area contributed by atoms with Crippen molar-refractivity contribution in [1.82, 2.24) is 0 Å². The highest BCUT2D eigenvalue weighted by atomic mass is 35.5. The quantitative estimate of drug-likeness (QED) is 0.528. The summed E-state index contributed by atoms with van der Waals surface area (Å²) < 4.78 is 6.02. The number of fused-ring (bicyclic) bond motifs is 6. The van der Waals surface area contributed by atoms with Crippen molar-refractivity contribution in [2.24, 2.45) is 0 Å². The van der Waals surface area contributed by atoms with Crippen molar-refractivity contribution in [1.29, 1.82) is 0 Å². The summed E-state index contributed by atoms with van der Waals surface area (Å²) in [5.41, 5.74) is 1.78. The third-order valence-electron chi connectivity index (χ3n) is 6.09. The van der Waals surface area contributed by atoms with Crippen molar-refractivity contribution in [3.63, 3.8) is 0 Å². The lowest BCUT2D eigenvalue weighted by atomic mass is 9.79. The molecule has 2 aliphatic carbocycles. The number of aromatic hydroxyl groups is 2. The summed E-state index contributed by atoms with van der Waals surface area (Å²) >= 11 is 6.22. The van der Waals surface area contributed by atoms with Crippen molar-refractivity contribution < 1.29 is 14.9 Å². The maximum absolute atomic E-state index is 11.1. The third kappa shape index (κ3) is 2.01. The molecule has 1 saturated carbocycles. The number of rotatable bonds is 2. The summed E-state index contributed by atoms with van der Waals surface area (Å²) in [4.78, 5) is 0. The van der Waals surface area contributed by atoms with Crippen molar-refractivity contribution in [3.05, 3.63) is 58.6 Å². The van der Waals surface area contributed by atoms with Gasteiger partial charge < -0.3 is 14.9 Å². The molecule has 0 spiro atoms. The second-order valence-corrected chi connectivity index (χ2v) is 8.10. The van der Waals surface area contributed by atoms with E-state index in [0.29, 0.717) is 33.2 Å².